The standard InChI is InChI=1S/C21H17FN2O3S/c22-18-11-5-4-7-15(18)13-24-19(25)14-27-21(26)17-10-6-12-23-20(17)28-16-8-2-1-3-9-16/h1-12H,13-14H2,(H,24,25). The van der Waals surface area contributed by atoms with Crippen molar-refractivity contribution < 1.29 is 18.7 Å². The third-order valence-electron chi connectivity index (χ3n) is 3.72. The van der Waals surface area contributed by atoms with Crippen LogP contribution < -0.4 is 5.32 Å². The summed E-state index contributed by atoms with van der Waals surface area (Å²) < 4.78 is 18.6. The van der Waals surface area contributed by atoms with Crippen LogP contribution in [0.1, 0.15) is 15.9 Å². The number of rotatable bonds is 7. The highest BCUT2D eigenvalue weighted by atomic mass is 32.2. The van der Waals surface area contributed by atoms with Gasteiger partial charge in [-0.25, -0.2) is 14.2 Å². The maximum atomic E-state index is 13.6. The van der Waals surface area contributed by atoms with Gasteiger partial charge in [0.1, 0.15) is 10.8 Å². The van der Waals surface area contributed by atoms with Crippen molar-refractivity contribution in [1.82, 2.24) is 10.3 Å². The van der Waals surface area contributed by atoms with Crippen molar-refractivity contribution in [3.8, 4) is 0 Å². The quantitative estimate of drug-likeness (QED) is 0.615. The molecule has 0 aliphatic heterocycles. The first kappa shape index (κ1) is 19.6. The molecule has 0 aliphatic rings. The molecule has 0 radical (unpaired) electrons. The molecule has 5 nitrogen and oxygen atoms in total. The number of esters is 1. The monoisotopic (exact) mass is 396 g/mol. The van der Waals surface area contributed by atoms with Gasteiger partial charge in [-0.15, -0.1) is 0 Å². The topological polar surface area (TPSA) is 68.3 Å². The van der Waals surface area contributed by atoms with E-state index in [4.69, 9.17) is 4.74 Å². The van der Waals surface area contributed by atoms with Gasteiger partial charge in [0.2, 0.25) is 0 Å². The van der Waals surface area contributed by atoms with Gasteiger partial charge in [-0.1, -0.05) is 48.2 Å². The number of nitrogens with one attached hydrogen (secondary N) is 1. The number of halogens is 1. The largest absolute Gasteiger partial charge is 0.452 e. The zero-order valence-electron chi connectivity index (χ0n) is 14.8. The van der Waals surface area contributed by atoms with E-state index in [1.807, 2.05) is 30.3 Å². The van der Waals surface area contributed by atoms with Gasteiger partial charge in [0.15, 0.2) is 6.61 Å². The lowest BCUT2D eigenvalue weighted by Crippen LogP contribution is -2.28. The summed E-state index contributed by atoms with van der Waals surface area (Å²) in [6, 6.07) is 18.9. The highest BCUT2D eigenvalue weighted by Crippen LogP contribution is 2.28. The van der Waals surface area contributed by atoms with Crippen molar-refractivity contribution in [2.24, 2.45) is 0 Å². The minimum absolute atomic E-state index is 0.0189. The fourth-order valence-corrected chi connectivity index (χ4v) is 3.21. The lowest BCUT2D eigenvalue weighted by atomic mass is 10.2. The number of ether oxygens (including phenoxy) is 1. The second-order valence-electron chi connectivity index (χ2n) is 5.72. The van der Waals surface area contributed by atoms with Gasteiger partial charge in [0.25, 0.3) is 5.91 Å². The Balaban J connectivity index is 1.56. The zero-order valence-corrected chi connectivity index (χ0v) is 15.6. The molecule has 2 aromatic carbocycles. The predicted octanol–water partition coefficient (Wildman–Crippen LogP) is 3.85. The average Bonchev–Trinajstić information content (AvgIpc) is 2.72. The van der Waals surface area contributed by atoms with Crippen LogP contribution in [-0.4, -0.2) is 23.5 Å². The van der Waals surface area contributed by atoms with E-state index in [0.29, 0.717) is 10.6 Å². The van der Waals surface area contributed by atoms with Crippen LogP contribution >= 0.6 is 11.8 Å². The van der Waals surface area contributed by atoms with Crippen molar-refractivity contribution in [1.29, 1.82) is 0 Å². The molecule has 28 heavy (non-hydrogen) atoms. The average molecular weight is 396 g/mol. The minimum Gasteiger partial charge on any atom is -0.452 e. The Bertz CT molecular complexity index is 967. The van der Waals surface area contributed by atoms with Gasteiger partial charge in [-0.3, -0.25) is 4.79 Å². The molecule has 0 aliphatic carbocycles. The highest BCUT2D eigenvalue weighted by Gasteiger charge is 2.16. The van der Waals surface area contributed by atoms with E-state index >= 15 is 0 Å². The van der Waals surface area contributed by atoms with E-state index in [1.54, 1.807) is 36.5 Å². The molecule has 1 amide bonds. The number of carbonyl (C=O) groups is 2. The molecule has 142 valence electrons. The molecule has 0 spiro atoms. The van der Waals surface area contributed by atoms with E-state index in [2.05, 4.69) is 10.3 Å². The van der Waals surface area contributed by atoms with E-state index in [1.165, 1.54) is 17.8 Å². The number of aromatic nitrogens is 1. The normalized spacial score (nSPS) is 10.3. The Hall–Kier alpha value is -3.19. The fraction of sp³-hybridized carbons (Fsp3) is 0.0952. The minimum atomic E-state index is -0.646. The molecule has 0 saturated heterocycles. The van der Waals surface area contributed by atoms with Crippen molar-refractivity contribution in [3.05, 3.63) is 89.9 Å². The Morgan fingerprint density at radius 1 is 1.00 bits per heavy atom. The number of nitrogens with zero attached hydrogens (tertiary/aromatic N) is 1. The zero-order chi connectivity index (χ0) is 19.8. The molecule has 7 heteroatoms. The van der Waals surface area contributed by atoms with Crippen LogP contribution in [0.15, 0.2) is 82.8 Å². The van der Waals surface area contributed by atoms with E-state index in [-0.39, 0.29) is 12.1 Å². The summed E-state index contributed by atoms with van der Waals surface area (Å²) in [5, 5.41) is 3.02. The van der Waals surface area contributed by atoms with Crippen molar-refractivity contribution in [2.75, 3.05) is 6.61 Å². The predicted molar refractivity (Wildman–Crippen MR) is 103 cm³/mol. The molecule has 0 fully saturated rings. The first-order valence-electron chi connectivity index (χ1n) is 8.48. The smallest absolute Gasteiger partial charge is 0.341 e. The van der Waals surface area contributed by atoms with Gasteiger partial charge in [0.05, 0.1) is 5.56 Å². The van der Waals surface area contributed by atoms with Crippen LogP contribution in [0.2, 0.25) is 0 Å². The van der Waals surface area contributed by atoms with E-state index in [9.17, 15) is 14.0 Å². The number of amides is 1. The second kappa shape index (κ2) is 9.66. The van der Waals surface area contributed by atoms with Crippen LogP contribution in [0.3, 0.4) is 0 Å². The molecule has 0 atom stereocenters. The lowest BCUT2D eigenvalue weighted by Gasteiger charge is -2.09. The third kappa shape index (κ3) is 5.40. The summed E-state index contributed by atoms with van der Waals surface area (Å²) in [5.41, 5.74) is 0.634. The van der Waals surface area contributed by atoms with Gasteiger partial charge in [-0.2, -0.15) is 0 Å². The molecule has 3 rings (SSSR count). The summed E-state index contributed by atoms with van der Waals surface area (Å²) in [4.78, 5) is 29.4. The Kier molecular flexibility index (Phi) is 6.75. The lowest BCUT2D eigenvalue weighted by molar-refractivity contribution is -0.124. The summed E-state index contributed by atoms with van der Waals surface area (Å²) in [6.07, 6.45) is 1.59. The second-order valence-corrected chi connectivity index (χ2v) is 6.78. The van der Waals surface area contributed by atoms with Crippen LogP contribution in [0.4, 0.5) is 4.39 Å². The summed E-state index contributed by atoms with van der Waals surface area (Å²) in [5.74, 6) is -1.57. The van der Waals surface area contributed by atoms with Crippen molar-refractivity contribution in [2.45, 2.75) is 16.5 Å². The first-order valence-corrected chi connectivity index (χ1v) is 9.30. The van der Waals surface area contributed by atoms with Crippen LogP contribution in [0, 0.1) is 5.82 Å². The fourth-order valence-electron chi connectivity index (χ4n) is 2.32. The van der Waals surface area contributed by atoms with Gasteiger partial charge < -0.3 is 10.1 Å². The van der Waals surface area contributed by atoms with Gasteiger partial charge in [0, 0.05) is 23.2 Å². The maximum Gasteiger partial charge on any atom is 0.341 e. The van der Waals surface area contributed by atoms with Gasteiger partial charge >= 0.3 is 5.97 Å². The number of benzene rings is 2. The highest BCUT2D eigenvalue weighted by molar-refractivity contribution is 7.99. The third-order valence-corrected chi connectivity index (χ3v) is 4.74. The van der Waals surface area contributed by atoms with Crippen molar-refractivity contribution >= 4 is 23.6 Å². The van der Waals surface area contributed by atoms with Crippen LogP contribution in [-0.2, 0) is 16.1 Å². The Labute approximate surface area is 166 Å². The molecule has 0 bridgehead atoms. The molecule has 3 aromatic rings. The van der Waals surface area contributed by atoms with E-state index < -0.39 is 24.3 Å². The summed E-state index contributed by atoms with van der Waals surface area (Å²) in [6.45, 7) is -0.442. The van der Waals surface area contributed by atoms with Crippen LogP contribution in [0.25, 0.3) is 0 Å². The molecular weight excluding hydrogens is 379 g/mol. The van der Waals surface area contributed by atoms with Gasteiger partial charge in [-0.05, 0) is 30.3 Å². The Morgan fingerprint density at radius 2 is 1.75 bits per heavy atom. The molecule has 1 aromatic heterocycles. The maximum absolute atomic E-state index is 13.6. The van der Waals surface area contributed by atoms with E-state index in [0.717, 1.165) is 4.90 Å². The molecule has 0 unspecified atom stereocenters. The number of carbonyl (C=O) groups excluding carboxylic acids is 2. The number of pyridine rings is 1. The molecular formula is C21H17FN2O3S. The molecule has 0 saturated carbocycles. The first-order chi connectivity index (χ1) is 13.6. The number of hydrogen-bond acceptors (Lipinski definition) is 5. The number of hydrogen-bond donors (Lipinski definition) is 1. The van der Waals surface area contributed by atoms with Crippen molar-refractivity contribution in [3.63, 3.8) is 0 Å². The molecule has 1 heterocycles. The Morgan fingerprint density at radius 3 is 2.54 bits per heavy atom. The summed E-state index contributed by atoms with van der Waals surface area (Å²) in [7, 11) is 0. The molecule has 1 N–H and O–H groups in total. The summed E-state index contributed by atoms with van der Waals surface area (Å²) >= 11 is 1.33. The van der Waals surface area contributed by atoms with Crippen LogP contribution in [0.5, 0.6) is 0 Å². The SMILES string of the molecule is O=C(COC(=O)c1cccnc1Sc1ccccc1)NCc1ccccc1F.